The standard InChI is InChI=1S/C16H23BrO3/c1-16(2)7-6-10-11(12(17)9-16)8-13(18-3)15(20-5)14(10)19-4/h8,12H,6-7,9H2,1-5H3. The first-order valence-electron chi connectivity index (χ1n) is 6.89. The topological polar surface area (TPSA) is 27.7 Å². The molecule has 2 rings (SSSR count). The SMILES string of the molecule is COc1cc2c(c(OC)c1OC)CCC(C)(C)CC2Br. The Balaban J connectivity index is 2.62. The van der Waals surface area contributed by atoms with Crippen molar-refractivity contribution in [2.45, 2.75) is 37.9 Å². The molecule has 0 bridgehead atoms. The first-order chi connectivity index (χ1) is 9.43. The molecule has 1 aromatic rings. The fourth-order valence-corrected chi connectivity index (χ4v) is 4.22. The summed E-state index contributed by atoms with van der Waals surface area (Å²) in [5.41, 5.74) is 2.79. The largest absolute Gasteiger partial charge is 0.493 e. The van der Waals surface area contributed by atoms with Crippen molar-refractivity contribution < 1.29 is 14.2 Å². The Hall–Kier alpha value is -0.900. The van der Waals surface area contributed by atoms with Crippen LogP contribution < -0.4 is 14.2 Å². The van der Waals surface area contributed by atoms with Crippen molar-refractivity contribution in [1.82, 2.24) is 0 Å². The summed E-state index contributed by atoms with van der Waals surface area (Å²) in [7, 11) is 5.00. The zero-order chi connectivity index (χ0) is 14.9. The maximum absolute atomic E-state index is 5.62. The molecule has 3 nitrogen and oxygen atoms in total. The van der Waals surface area contributed by atoms with Crippen LogP contribution in [0.5, 0.6) is 17.2 Å². The Kier molecular flexibility index (Phi) is 4.52. The highest BCUT2D eigenvalue weighted by molar-refractivity contribution is 9.09. The molecule has 4 heteroatoms. The van der Waals surface area contributed by atoms with E-state index in [0.717, 1.165) is 30.8 Å². The maximum atomic E-state index is 5.62. The second-order valence-electron chi connectivity index (χ2n) is 6.05. The highest BCUT2D eigenvalue weighted by Crippen LogP contribution is 2.51. The van der Waals surface area contributed by atoms with E-state index < -0.39 is 0 Å². The van der Waals surface area contributed by atoms with Gasteiger partial charge < -0.3 is 14.2 Å². The molecular weight excluding hydrogens is 320 g/mol. The molecule has 0 heterocycles. The first-order valence-corrected chi connectivity index (χ1v) is 7.81. The number of ether oxygens (including phenoxy) is 3. The number of hydrogen-bond donors (Lipinski definition) is 0. The normalized spacial score (nSPS) is 20.8. The highest BCUT2D eigenvalue weighted by atomic mass is 79.9. The first kappa shape index (κ1) is 15.5. The van der Waals surface area contributed by atoms with Crippen LogP contribution in [0, 0.1) is 5.41 Å². The van der Waals surface area contributed by atoms with Gasteiger partial charge in [-0.15, -0.1) is 0 Å². The minimum Gasteiger partial charge on any atom is -0.493 e. The molecule has 112 valence electrons. The van der Waals surface area contributed by atoms with Crippen LogP contribution in [-0.2, 0) is 6.42 Å². The third-order valence-electron chi connectivity index (χ3n) is 4.09. The molecule has 0 saturated carbocycles. The average molecular weight is 343 g/mol. The number of benzene rings is 1. The van der Waals surface area contributed by atoms with Crippen LogP contribution in [0.1, 0.15) is 42.6 Å². The summed E-state index contributed by atoms with van der Waals surface area (Å²) in [5, 5.41) is 0. The van der Waals surface area contributed by atoms with Crippen molar-refractivity contribution in [3.63, 3.8) is 0 Å². The summed E-state index contributed by atoms with van der Waals surface area (Å²) in [4.78, 5) is 0.309. The molecule has 1 aliphatic rings. The zero-order valence-corrected chi connectivity index (χ0v) is 14.5. The molecule has 0 N–H and O–H groups in total. The number of fused-ring (bicyclic) bond motifs is 1. The molecule has 1 unspecified atom stereocenters. The van der Waals surface area contributed by atoms with Crippen LogP contribution in [0.3, 0.4) is 0 Å². The van der Waals surface area contributed by atoms with Crippen molar-refractivity contribution >= 4 is 15.9 Å². The van der Waals surface area contributed by atoms with Gasteiger partial charge in [0.2, 0.25) is 5.75 Å². The summed E-state index contributed by atoms with van der Waals surface area (Å²) >= 11 is 3.83. The van der Waals surface area contributed by atoms with Crippen LogP contribution in [0.15, 0.2) is 6.07 Å². The monoisotopic (exact) mass is 342 g/mol. The number of rotatable bonds is 3. The van der Waals surface area contributed by atoms with Crippen LogP contribution in [0.25, 0.3) is 0 Å². The molecule has 0 spiro atoms. The van der Waals surface area contributed by atoms with Crippen molar-refractivity contribution in [2.24, 2.45) is 5.41 Å². The summed E-state index contributed by atoms with van der Waals surface area (Å²) in [6.07, 6.45) is 3.22. The van der Waals surface area contributed by atoms with E-state index in [1.807, 2.05) is 0 Å². The molecule has 0 saturated heterocycles. The maximum Gasteiger partial charge on any atom is 0.203 e. The quantitative estimate of drug-likeness (QED) is 0.597. The Labute approximate surface area is 129 Å². The van der Waals surface area contributed by atoms with Gasteiger partial charge in [-0.2, -0.15) is 0 Å². The van der Waals surface area contributed by atoms with Crippen LogP contribution >= 0.6 is 15.9 Å². The van der Waals surface area contributed by atoms with Crippen LogP contribution in [0.2, 0.25) is 0 Å². The van der Waals surface area contributed by atoms with Crippen molar-refractivity contribution in [1.29, 1.82) is 0 Å². The van der Waals surface area contributed by atoms with E-state index in [4.69, 9.17) is 14.2 Å². The molecule has 20 heavy (non-hydrogen) atoms. The highest BCUT2D eigenvalue weighted by Gasteiger charge is 2.32. The lowest BCUT2D eigenvalue weighted by Crippen LogP contribution is -2.11. The zero-order valence-electron chi connectivity index (χ0n) is 12.9. The Bertz CT molecular complexity index is 497. The van der Waals surface area contributed by atoms with E-state index in [0.29, 0.717) is 16.0 Å². The van der Waals surface area contributed by atoms with Gasteiger partial charge in [0.15, 0.2) is 11.5 Å². The number of halogens is 1. The fraction of sp³-hybridized carbons (Fsp3) is 0.625. The van der Waals surface area contributed by atoms with Crippen molar-refractivity contribution in [3.05, 3.63) is 17.2 Å². The molecule has 0 aliphatic heterocycles. The number of methoxy groups -OCH3 is 3. The van der Waals surface area contributed by atoms with Crippen LogP contribution in [-0.4, -0.2) is 21.3 Å². The minimum atomic E-state index is 0.304. The lowest BCUT2D eigenvalue weighted by molar-refractivity contribution is 0.312. The summed E-state index contributed by atoms with van der Waals surface area (Å²) in [6.45, 7) is 4.63. The van der Waals surface area contributed by atoms with Gasteiger partial charge >= 0.3 is 0 Å². The average Bonchev–Trinajstić information content (AvgIpc) is 2.52. The molecule has 0 fully saturated rings. The Morgan fingerprint density at radius 2 is 1.75 bits per heavy atom. The lowest BCUT2D eigenvalue weighted by atomic mass is 9.84. The third kappa shape index (κ3) is 2.76. The molecular formula is C16H23BrO3. The lowest BCUT2D eigenvalue weighted by Gasteiger charge is -2.24. The Morgan fingerprint density at radius 1 is 1.10 bits per heavy atom. The van der Waals surface area contributed by atoms with Gasteiger partial charge in [-0.25, -0.2) is 0 Å². The van der Waals surface area contributed by atoms with Crippen LogP contribution in [0.4, 0.5) is 0 Å². The van der Waals surface area contributed by atoms with Gasteiger partial charge in [-0.1, -0.05) is 29.8 Å². The van der Waals surface area contributed by atoms with Crippen molar-refractivity contribution in [2.75, 3.05) is 21.3 Å². The molecule has 1 aromatic carbocycles. The summed E-state index contributed by atoms with van der Waals surface area (Å²) in [6, 6.07) is 2.08. The van der Waals surface area contributed by atoms with E-state index >= 15 is 0 Å². The second kappa shape index (κ2) is 5.84. The van der Waals surface area contributed by atoms with Crippen molar-refractivity contribution in [3.8, 4) is 17.2 Å². The predicted molar refractivity (Wildman–Crippen MR) is 84.5 cm³/mol. The fourth-order valence-electron chi connectivity index (χ4n) is 2.93. The number of hydrogen-bond acceptors (Lipinski definition) is 3. The molecule has 0 amide bonds. The minimum absolute atomic E-state index is 0.304. The molecule has 0 radical (unpaired) electrons. The van der Waals surface area contributed by atoms with Gasteiger partial charge in [0.25, 0.3) is 0 Å². The molecule has 0 aromatic heterocycles. The van der Waals surface area contributed by atoms with E-state index in [9.17, 15) is 0 Å². The summed E-state index contributed by atoms with van der Waals surface area (Å²) < 4.78 is 16.6. The van der Waals surface area contributed by atoms with E-state index in [1.54, 1.807) is 21.3 Å². The second-order valence-corrected chi connectivity index (χ2v) is 7.15. The van der Waals surface area contributed by atoms with E-state index in [2.05, 4.69) is 35.8 Å². The molecule has 1 atom stereocenters. The third-order valence-corrected chi connectivity index (χ3v) is 4.91. The van der Waals surface area contributed by atoms with Gasteiger partial charge in [0, 0.05) is 10.4 Å². The predicted octanol–water partition coefficient (Wildman–Crippen LogP) is 4.51. The van der Waals surface area contributed by atoms with Gasteiger partial charge in [-0.05, 0) is 36.3 Å². The van der Waals surface area contributed by atoms with E-state index in [1.165, 1.54) is 11.1 Å². The smallest absolute Gasteiger partial charge is 0.203 e. The molecule has 1 aliphatic carbocycles. The van der Waals surface area contributed by atoms with Gasteiger partial charge in [0.1, 0.15) is 0 Å². The Morgan fingerprint density at radius 3 is 2.30 bits per heavy atom. The van der Waals surface area contributed by atoms with E-state index in [-0.39, 0.29) is 0 Å². The van der Waals surface area contributed by atoms with Gasteiger partial charge in [0.05, 0.1) is 21.3 Å². The summed E-state index contributed by atoms with van der Waals surface area (Å²) in [5.74, 6) is 2.23. The number of alkyl halides is 1. The van der Waals surface area contributed by atoms with Gasteiger partial charge in [-0.3, -0.25) is 0 Å².